The minimum atomic E-state index is -1.34. The van der Waals surface area contributed by atoms with Gasteiger partial charge in [0.15, 0.2) is 11.6 Å². The number of rotatable bonds is 5. The first kappa shape index (κ1) is 16.1. The van der Waals surface area contributed by atoms with E-state index in [0.29, 0.717) is 0 Å². The lowest BCUT2D eigenvalue weighted by Gasteiger charge is -2.09. The van der Waals surface area contributed by atoms with Crippen LogP contribution in [0.4, 0.5) is 19.3 Å². The Hall–Kier alpha value is -3.23. The van der Waals surface area contributed by atoms with Crippen molar-refractivity contribution in [2.45, 2.75) is 6.54 Å². The summed E-state index contributed by atoms with van der Waals surface area (Å²) in [6.45, 7) is -0.305. The maximum absolute atomic E-state index is 13.1. The second-order valence-electron chi connectivity index (χ2n) is 4.38. The van der Waals surface area contributed by atoms with Crippen molar-refractivity contribution in [1.82, 2.24) is 5.32 Å². The van der Waals surface area contributed by atoms with Crippen LogP contribution in [0, 0.1) is 21.7 Å². The maximum Gasteiger partial charge on any atom is 0.404 e. The second-order valence-corrected chi connectivity index (χ2v) is 4.38. The Kier molecular flexibility index (Phi) is 4.69. The molecule has 2 aromatic rings. The van der Waals surface area contributed by atoms with Gasteiger partial charge in [0.05, 0.1) is 17.0 Å². The summed E-state index contributed by atoms with van der Waals surface area (Å²) in [5.74, 6) is -2.02. The van der Waals surface area contributed by atoms with Crippen molar-refractivity contribution in [3.63, 3.8) is 0 Å². The zero-order valence-corrected chi connectivity index (χ0v) is 11.5. The molecule has 0 spiro atoms. The van der Waals surface area contributed by atoms with Gasteiger partial charge in [0.2, 0.25) is 0 Å². The first-order chi connectivity index (χ1) is 10.9. The molecule has 2 aromatic carbocycles. The molecule has 0 radical (unpaired) electrons. The van der Waals surface area contributed by atoms with Crippen molar-refractivity contribution in [1.29, 1.82) is 0 Å². The van der Waals surface area contributed by atoms with Crippen molar-refractivity contribution >= 4 is 11.8 Å². The SMILES string of the molecule is O=C(O)NCc1cc(Oc2ccc(F)c(F)c2)ccc1[N+](=O)[O-]. The highest BCUT2D eigenvalue weighted by molar-refractivity contribution is 5.64. The van der Waals surface area contributed by atoms with Crippen LogP contribution in [-0.4, -0.2) is 16.1 Å². The number of hydrogen-bond acceptors (Lipinski definition) is 4. The number of nitrogens with one attached hydrogen (secondary N) is 1. The zero-order valence-electron chi connectivity index (χ0n) is 11.5. The highest BCUT2D eigenvalue weighted by Gasteiger charge is 2.16. The molecule has 0 heterocycles. The summed E-state index contributed by atoms with van der Waals surface area (Å²) in [5, 5.41) is 21.5. The molecule has 120 valence electrons. The molecule has 2 N–H and O–H groups in total. The summed E-state index contributed by atoms with van der Waals surface area (Å²) < 4.78 is 31.3. The highest BCUT2D eigenvalue weighted by Crippen LogP contribution is 2.28. The molecule has 2 rings (SSSR count). The molecule has 0 aliphatic heterocycles. The quantitative estimate of drug-likeness (QED) is 0.648. The second kappa shape index (κ2) is 6.69. The monoisotopic (exact) mass is 324 g/mol. The fraction of sp³-hybridized carbons (Fsp3) is 0.0714. The van der Waals surface area contributed by atoms with Gasteiger partial charge in [-0.25, -0.2) is 13.6 Å². The van der Waals surface area contributed by atoms with Crippen LogP contribution in [0.15, 0.2) is 36.4 Å². The van der Waals surface area contributed by atoms with E-state index in [1.807, 2.05) is 5.32 Å². The van der Waals surface area contributed by atoms with E-state index in [1.54, 1.807) is 0 Å². The number of amides is 1. The molecule has 0 aliphatic carbocycles. The lowest BCUT2D eigenvalue weighted by atomic mass is 10.1. The maximum atomic E-state index is 13.1. The molecule has 7 nitrogen and oxygen atoms in total. The average Bonchev–Trinajstić information content (AvgIpc) is 2.49. The fourth-order valence-corrected chi connectivity index (χ4v) is 1.79. The molecular weight excluding hydrogens is 314 g/mol. The van der Waals surface area contributed by atoms with Crippen LogP contribution in [0.1, 0.15) is 5.56 Å². The Balaban J connectivity index is 2.28. The van der Waals surface area contributed by atoms with Gasteiger partial charge in [0.25, 0.3) is 5.69 Å². The Labute approximate surface area is 128 Å². The van der Waals surface area contributed by atoms with E-state index in [2.05, 4.69) is 0 Å². The molecule has 1 amide bonds. The molecule has 0 aromatic heterocycles. The molecule has 9 heteroatoms. The van der Waals surface area contributed by atoms with Gasteiger partial charge in [-0.05, 0) is 24.3 Å². The lowest BCUT2D eigenvalue weighted by Crippen LogP contribution is -2.20. The van der Waals surface area contributed by atoms with E-state index in [9.17, 15) is 23.7 Å². The van der Waals surface area contributed by atoms with Gasteiger partial charge >= 0.3 is 6.09 Å². The predicted octanol–water partition coefficient (Wildman–Crippen LogP) is 3.43. The molecule has 0 atom stereocenters. The van der Waals surface area contributed by atoms with Gasteiger partial charge in [-0.15, -0.1) is 0 Å². The standard InChI is InChI=1S/C14H10F2N2O5/c15-11-3-1-10(6-12(11)16)23-9-2-4-13(18(21)22)8(5-9)7-17-14(19)20/h1-6,17H,7H2,(H,19,20). The summed E-state index contributed by atoms with van der Waals surface area (Å²) in [4.78, 5) is 20.8. The van der Waals surface area contributed by atoms with E-state index in [-0.39, 0.29) is 29.3 Å². The summed E-state index contributed by atoms with van der Waals surface area (Å²) in [6, 6.07) is 6.54. The van der Waals surface area contributed by atoms with Crippen LogP contribution in [0.5, 0.6) is 11.5 Å². The largest absolute Gasteiger partial charge is 0.465 e. The molecular formula is C14H10F2N2O5. The first-order valence-electron chi connectivity index (χ1n) is 6.24. The molecule has 0 saturated heterocycles. The van der Waals surface area contributed by atoms with Gasteiger partial charge in [-0.1, -0.05) is 0 Å². The minimum Gasteiger partial charge on any atom is -0.465 e. The van der Waals surface area contributed by atoms with E-state index >= 15 is 0 Å². The third kappa shape index (κ3) is 4.13. The van der Waals surface area contributed by atoms with E-state index in [4.69, 9.17) is 9.84 Å². The van der Waals surface area contributed by atoms with Crippen LogP contribution in [0.3, 0.4) is 0 Å². The number of ether oxygens (including phenoxy) is 1. The van der Waals surface area contributed by atoms with E-state index < -0.39 is 22.7 Å². The van der Waals surface area contributed by atoms with Crippen molar-refractivity contribution in [2.75, 3.05) is 0 Å². The van der Waals surface area contributed by atoms with Crippen LogP contribution in [0.2, 0.25) is 0 Å². The molecule has 23 heavy (non-hydrogen) atoms. The summed E-state index contributed by atoms with van der Waals surface area (Å²) in [7, 11) is 0. The molecule has 0 fully saturated rings. The first-order valence-corrected chi connectivity index (χ1v) is 6.24. The third-order valence-corrected chi connectivity index (χ3v) is 2.80. The van der Waals surface area contributed by atoms with Gasteiger partial charge < -0.3 is 15.2 Å². The average molecular weight is 324 g/mol. The van der Waals surface area contributed by atoms with Gasteiger partial charge in [-0.2, -0.15) is 0 Å². The van der Waals surface area contributed by atoms with Gasteiger partial charge in [-0.3, -0.25) is 10.1 Å². The Bertz CT molecular complexity index is 767. The number of nitro benzene ring substituents is 1. The zero-order chi connectivity index (χ0) is 17.0. The number of halogens is 2. The lowest BCUT2D eigenvalue weighted by molar-refractivity contribution is -0.385. The van der Waals surface area contributed by atoms with Crippen LogP contribution >= 0.6 is 0 Å². The number of nitrogens with zero attached hydrogens (tertiary/aromatic N) is 1. The molecule has 0 bridgehead atoms. The number of hydrogen-bond donors (Lipinski definition) is 2. The van der Waals surface area contributed by atoms with Crippen LogP contribution in [0.25, 0.3) is 0 Å². The van der Waals surface area contributed by atoms with Crippen molar-refractivity contribution in [2.24, 2.45) is 0 Å². The number of nitro groups is 1. The minimum absolute atomic E-state index is 0.00473. The number of carboxylic acid groups (broad SMARTS) is 1. The van der Waals surface area contributed by atoms with Crippen molar-refractivity contribution < 1.29 is 28.3 Å². The van der Waals surface area contributed by atoms with Crippen molar-refractivity contribution in [3.05, 3.63) is 63.7 Å². The smallest absolute Gasteiger partial charge is 0.404 e. The number of carbonyl (C=O) groups is 1. The predicted molar refractivity (Wildman–Crippen MR) is 74.4 cm³/mol. The summed E-state index contributed by atoms with van der Waals surface area (Å²) in [5.41, 5.74) is -0.228. The summed E-state index contributed by atoms with van der Waals surface area (Å²) >= 11 is 0. The molecule has 0 saturated carbocycles. The normalized spacial score (nSPS) is 10.2. The van der Waals surface area contributed by atoms with E-state index in [0.717, 1.165) is 18.2 Å². The van der Waals surface area contributed by atoms with Crippen LogP contribution < -0.4 is 10.1 Å². The third-order valence-electron chi connectivity index (χ3n) is 2.80. The number of benzene rings is 2. The fourth-order valence-electron chi connectivity index (χ4n) is 1.79. The van der Waals surface area contributed by atoms with Gasteiger partial charge in [0, 0.05) is 12.1 Å². The summed E-state index contributed by atoms with van der Waals surface area (Å²) in [6.07, 6.45) is -1.34. The van der Waals surface area contributed by atoms with E-state index in [1.165, 1.54) is 18.2 Å². The molecule has 0 aliphatic rings. The Morgan fingerprint density at radius 3 is 2.43 bits per heavy atom. The topological polar surface area (TPSA) is 102 Å². The van der Waals surface area contributed by atoms with Gasteiger partial charge in [0.1, 0.15) is 11.5 Å². The Morgan fingerprint density at radius 2 is 1.83 bits per heavy atom. The highest BCUT2D eigenvalue weighted by atomic mass is 19.2. The molecule has 0 unspecified atom stereocenters. The Morgan fingerprint density at radius 1 is 1.17 bits per heavy atom. The van der Waals surface area contributed by atoms with Crippen LogP contribution in [-0.2, 0) is 6.54 Å². The van der Waals surface area contributed by atoms with Crippen molar-refractivity contribution in [3.8, 4) is 11.5 Å².